The number of hydrogen-bond donors (Lipinski definition) is 1. The quantitative estimate of drug-likeness (QED) is 0.576. The van der Waals surface area contributed by atoms with Crippen molar-refractivity contribution in [3.05, 3.63) is 23.3 Å². The molecule has 1 heterocycles. The molecule has 1 aliphatic heterocycles. The number of aliphatic hydroxyl groups is 1. The second kappa shape index (κ2) is 6.57. The fraction of sp³-hybridized carbons (Fsp3) is 0.737. The number of rotatable bonds is 7. The average Bonchev–Trinajstić information content (AvgIpc) is 3.18. The van der Waals surface area contributed by atoms with Crippen LogP contribution in [0, 0.1) is 17.8 Å². The van der Waals surface area contributed by atoms with Crippen LogP contribution in [0.25, 0.3) is 0 Å². The summed E-state index contributed by atoms with van der Waals surface area (Å²) in [5, 5.41) is 10.0. The van der Waals surface area contributed by atoms with Gasteiger partial charge in [-0.05, 0) is 62.9 Å². The molecule has 3 rings (SSSR count). The van der Waals surface area contributed by atoms with Crippen molar-refractivity contribution in [1.82, 2.24) is 4.90 Å². The Hall–Kier alpha value is -1.09. The molecule has 0 radical (unpaired) electrons. The maximum Gasteiger partial charge on any atom is 0.251 e. The lowest BCUT2D eigenvalue weighted by atomic mass is 9.88. The van der Waals surface area contributed by atoms with Gasteiger partial charge in [-0.15, -0.1) is 0 Å². The summed E-state index contributed by atoms with van der Waals surface area (Å²) >= 11 is 0. The monoisotopic (exact) mass is 303 g/mol. The fourth-order valence-corrected chi connectivity index (χ4v) is 4.42. The Labute approximate surface area is 134 Å². The van der Waals surface area contributed by atoms with Gasteiger partial charge in [-0.3, -0.25) is 4.79 Å². The highest BCUT2D eigenvalue weighted by molar-refractivity contribution is 5.96. The molecule has 122 valence electrons. The second-order valence-corrected chi connectivity index (χ2v) is 7.42. The van der Waals surface area contributed by atoms with Crippen molar-refractivity contribution in [2.45, 2.75) is 65.0 Å². The Bertz CT molecular complexity index is 494. The van der Waals surface area contributed by atoms with Gasteiger partial charge in [0.25, 0.3) is 5.91 Å². The lowest BCUT2D eigenvalue weighted by molar-refractivity contribution is -0.131. The summed E-state index contributed by atoms with van der Waals surface area (Å²) in [6.07, 6.45) is 13.1. The van der Waals surface area contributed by atoms with E-state index in [0.29, 0.717) is 6.54 Å². The van der Waals surface area contributed by atoms with Gasteiger partial charge in [0.15, 0.2) is 6.23 Å². The molecule has 4 atom stereocenters. The number of hydrogen-bond acceptors (Lipinski definition) is 2. The first-order valence-corrected chi connectivity index (χ1v) is 8.92. The lowest BCUT2D eigenvalue weighted by Crippen LogP contribution is -2.36. The van der Waals surface area contributed by atoms with Crippen molar-refractivity contribution in [2.75, 3.05) is 6.54 Å². The fourth-order valence-electron chi connectivity index (χ4n) is 4.42. The van der Waals surface area contributed by atoms with Crippen molar-refractivity contribution in [1.29, 1.82) is 0 Å². The predicted molar refractivity (Wildman–Crippen MR) is 88.0 cm³/mol. The van der Waals surface area contributed by atoms with E-state index in [0.717, 1.165) is 41.7 Å². The zero-order valence-corrected chi connectivity index (χ0v) is 13.9. The molecule has 0 aromatic carbocycles. The summed E-state index contributed by atoms with van der Waals surface area (Å²) in [6.45, 7) is 4.35. The van der Waals surface area contributed by atoms with Gasteiger partial charge in [-0.25, -0.2) is 0 Å². The van der Waals surface area contributed by atoms with Gasteiger partial charge < -0.3 is 10.0 Å². The third-order valence-electron chi connectivity index (χ3n) is 6.00. The molecule has 1 fully saturated rings. The van der Waals surface area contributed by atoms with Crippen LogP contribution in [0.4, 0.5) is 0 Å². The minimum atomic E-state index is -0.687. The smallest absolute Gasteiger partial charge is 0.251 e. The first-order valence-electron chi connectivity index (χ1n) is 8.92. The van der Waals surface area contributed by atoms with Crippen LogP contribution in [-0.4, -0.2) is 28.7 Å². The number of amides is 1. The van der Waals surface area contributed by atoms with E-state index in [4.69, 9.17) is 0 Å². The van der Waals surface area contributed by atoms with E-state index in [1.165, 1.54) is 32.1 Å². The van der Waals surface area contributed by atoms with Crippen molar-refractivity contribution in [3.63, 3.8) is 0 Å². The third kappa shape index (κ3) is 3.01. The van der Waals surface area contributed by atoms with E-state index < -0.39 is 6.23 Å². The Kier molecular flexibility index (Phi) is 4.72. The van der Waals surface area contributed by atoms with Crippen LogP contribution in [0.5, 0.6) is 0 Å². The first-order chi connectivity index (χ1) is 10.6. The molecule has 4 unspecified atom stereocenters. The van der Waals surface area contributed by atoms with Gasteiger partial charge in [-0.1, -0.05) is 31.4 Å². The summed E-state index contributed by atoms with van der Waals surface area (Å²) in [5.41, 5.74) is 1.53. The van der Waals surface area contributed by atoms with Gasteiger partial charge in [0.1, 0.15) is 0 Å². The molecule has 0 aromatic rings. The van der Waals surface area contributed by atoms with Crippen molar-refractivity contribution in [2.24, 2.45) is 17.8 Å². The summed E-state index contributed by atoms with van der Waals surface area (Å²) < 4.78 is 0. The maximum atomic E-state index is 12.0. The normalized spacial score (nSPS) is 33.6. The Balaban J connectivity index is 1.29. The van der Waals surface area contributed by atoms with Gasteiger partial charge in [0, 0.05) is 12.1 Å². The van der Waals surface area contributed by atoms with Crippen LogP contribution >= 0.6 is 0 Å². The number of nitrogens with zero attached hydrogens (tertiary/aromatic N) is 1. The number of fused-ring (bicyclic) bond motifs is 2. The summed E-state index contributed by atoms with van der Waals surface area (Å²) in [6, 6.07) is 0. The van der Waals surface area contributed by atoms with Gasteiger partial charge in [-0.2, -0.15) is 0 Å². The van der Waals surface area contributed by atoms with E-state index in [2.05, 4.69) is 12.2 Å². The highest BCUT2D eigenvalue weighted by Crippen LogP contribution is 2.45. The molecule has 0 spiro atoms. The number of unbranched alkanes of at least 4 members (excludes halogenated alkanes) is 3. The Morgan fingerprint density at radius 2 is 1.91 bits per heavy atom. The third-order valence-corrected chi connectivity index (χ3v) is 6.00. The van der Waals surface area contributed by atoms with Crippen LogP contribution in [0.15, 0.2) is 23.3 Å². The topological polar surface area (TPSA) is 40.5 Å². The molecule has 3 nitrogen and oxygen atoms in total. The van der Waals surface area contributed by atoms with E-state index in [-0.39, 0.29) is 5.91 Å². The number of aliphatic hydroxyl groups excluding tert-OH is 1. The molecule has 3 heteroatoms. The zero-order valence-electron chi connectivity index (χ0n) is 13.9. The van der Waals surface area contributed by atoms with Crippen LogP contribution in [0.1, 0.15) is 58.8 Å². The van der Waals surface area contributed by atoms with Gasteiger partial charge in [0.05, 0.1) is 0 Å². The number of allylic oxidation sites excluding steroid dienone is 2. The molecule has 0 aromatic heterocycles. The predicted octanol–water partition coefficient (Wildman–Crippen LogP) is 3.65. The van der Waals surface area contributed by atoms with Gasteiger partial charge >= 0.3 is 0 Å². The van der Waals surface area contributed by atoms with Crippen molar-refractivity contribution in [3.8, 4) is 0 Å². The molecule has 2 bridgehead atoms. The van der Waals surface area contributed by atoms with Gasteiger partial charge in [0.2, 0.25) is 0 Å². The lowest BCUT2D eigenvalue weighted by Gasteiger charge is -2.22. The molecule has 3 aliphatic rings. The van der Waals surface area contributed by atoms with E-state index in [1.54, 1.807) is 4.90 Å². The second-order valence-electron chi connectivity index (χ2n) is 7.42. The molecular formula is C19H29NO2. The van der Waals surface area contributed by atoms with Crippen molar-refractivity contribution < 1.29 is 9.90 Å². The van der Waals surface area contributed by atoms with E-state index in [9.17, 15) is 9.90 Å². The largest absolute Gasteiger partial charge is 0.369 e. The first kappa shape index (κ1) is 15.8. The molecule has 1 saturated carbocycles. The summed E-state index contributed by atoms with van der Waals surface area (Å²) in [5.74, 6) is 2.71. The van der Waals surface area contributed by atoms with Crippen LogP contribution in [0.2, 0.25) is 0 Å². The standard InChI is InChI=1S/C19H29NO2/c1-13-14(2)19(22)20(18(13)21)10-6-4-3-5-7-16-11-15-8-9-17(16)12-15/h8-9,15-18,21H,3-7,10-12H2,1-2H3. The molecule has 0 saturated heterocycles. The highest BCUT2D eigenvalue weighted by Gasteiger charge is 2.35. The highest BCUT2D eigenvalue weighted by atomic mass is 16.3. The maximum absolute atomic E-state index is 12.0. The zero-order chi connectivity index (χ0) is 15.7. The van der Waals surface area contributed by atoms with Crippen molar-refractivity contribution >= 4 is 5.91 Å². The summed E-state index contributed by atoms with van der Waals surface area (Å²) in [4.78, 5) is 13.6. The van der Waals surface area contributed by atoms with E-state index in [1.807, 2.05) is 13.8 Å². The van der Waals surface area contributed by atoms with Crippen LogP contribution in [0.3, 0.4) is 0 Å². The molecular weight excluding hydrogens is 274 g/mol. The van der Waals surface area contributed by atoms with Crippen LogP contribution < -0.4 is 0 Å². The molecule has 2 aliphatic carbocycles. The molecule has 22 heavy (non-hydrogen) atoms. The number of carbonyl (C=O) groups excluding carboxylic acids is 1. The SMILES string of the molecule is CC1=C(C)C(O)N(CCCCCCC2CC3C=CC2C3)C1=O. The summed E-state index contributed by atoms with van der Waals surface area (Å²) in [7, 11) is 0. The average molecular weight is 303 g/mol. The Morgan fingerprint density at radius 3 is 2.50 bits per heavy atom. The number of carbonyl (C=O) groups is 1. The minimum Gasteiger partial charge on any atom is -0.369 e. The molecule has 1 amide bonds. The molecule has 1 N–H and O–H groups in total. The van der Waals surface area contributed by atoms with Crippen LogP contribution in [-0.2, 0) is 4.79 Å². The Morgan fingerprint density at radius 1 is 1.14 bits per heavy atom. The van der Waals surface area contributed by atoms with E-state index >= 15 is 0 Å². The minimum absolute atomic E-state index is 0.0127.